The summed E-state index contributed by atoms with van der Waals surface area (Å²) >= 11 is 1.20. The highest BCUT2D eigenvalue weighted by atomic mass is 32.2. The molecule has 5 rings (SSSR count). The number of aromatic nitrogens is 2. The van der Waals surface area contributed by atoms with E-state index in [1.165, 1.54) is 66.5 Å². The molecule has 2 aromatic heterocycles. The molecule has 38 heavy (non-hydrogen) atoms. The van der Waals surface area contributed by atoms with E-state index in [2.05, 4.69) is 25.9 Å². The van der Waals surface area contributed by atoms with Gasteiger partial charge in [0.2, 0.25) is 0 Å². The molecule has 12 heteroatoms. The van der Waals surface area contributed by atoms with Gasteiger partial charge in [0.15, 0.2) is 23.0 Å². The molecule has 1 aliphatic heterocycles. The number of thioether (sulfide) groups is 1. The Balaban J connectivity index is 1.30. The first-order chi connectivity index (χ1) is 18.4. The van der Waals surface area contributed by atoms with Crippen LogP contribution in [0.25, 0.3) is 11.3 Å². The van der Waals surface area contributed by atoms with Crippen molar-refractivity contribution in [2.24, 2.45) is 0 Å². The molecule has 1 aliphatic rings. The van der Waals surface area contributed by atoms with Crippen LogP contribution in [-0.4, -0.2) is 47.2 Å². The second-order valence-corrected chi connectivity index (χ2v) is 9.03. The number of carbonyl (C=O) groups is 2. The number of nitrogens with one attached hydrogen (secondary N) is 3. The van der Waals surface area contributed by atoms with E-state index in [-0.39, 0.29) is 51.5 Å². The summed E-state index contributed by atoms with van der Waals surface area (Å²) in [5.41, 5.74) is 0.742. The molecule has 0 spiro atoms. The van der Waals surface area contributed by atoms with Crippen molar-refractivity contribution in [2.45, 2.75) is 11.3 Å². The number of hydrogen-bond donors (Lipinski definition) is 3. The van der Waals surface area contributed by atoms with Crippen LogP contribution < -0.4 is 20.7 Å². The third-order valence-corrected chi connectivity index (χ3v) is 6.13. The standard InChI is InChI=1S/C26H21F2N5O4S/c1-38-26-33-22(23(37-26)14-2-4-15(27)5-3-14)25(35)31-16-6-7-21(19(28)10-16)36-18-8-9-30-20(11-18)24(34)32-17-12-29-13-17/h2-11,17,29H,12-13H2,1H3,(H,31,35)(H,32,34). The molecule has 9 nitrogen and oxygen atoms in total. The molecular weight excluding hydrogens is 516 g/mol. The predicted molar refractivity (Wildman–Crippen MR) is 136 cm³/mol. The first-order valence-electron chi connectivity index (χ1n) is 11.5. The molecule has 0 bridgehead atoms. The molecule has 3 heterocycles. The van der Waals surface area contributed by atoms with Gasteiger partial charge in [0.05, 0.1) is 6.04 Å². The lowest BCUT2D eigenvalue weighted by Crippen LogP contribution is -2.57. The Morgan fingerprint density at radius 2 is 1.87 bits per heavy atom. The highest BCUT2D eigenvalue weighted by Gasteiger charge is 2.23. The van der Waals surface area contributed by atoms with E-state index in [1.807, 2.05) is 0 Å². The van der Waals surface area contributed by atoms with Crippen molar-refractivity contribution >= 4 is 29.3 Å². The Morgan fingerprint density at radius 1 is 1.08 bits per heavy atom. The van der Waals surface area contributed by atoms with Crippen LogP contribution in [0.3, 0.4) is 0 Å². The van der Waals surface area contributed by atoms with Crippen molar-refractivity contribution < 1.29 is 27.5 Å². The van der Waals surface area contributed by atoms with Gasteiger partial charge in [-0.25, -0.2) is 8.78 Å². The van der Waals surface area contributed by atoms with Gasteiger partial charge >= 0.3 is 0 Å². The number of amides is 2. The number of carbonyl (C=O) groups excluding carboxylic acids is 2. The van der Waals surface area contributed by atoms with Crippen molar-refractivity contribution in [1.82, 2.24) is 20.6 Å². The van der Waals surface area contributed by atoms with Crippen molar-refractivity contribution in [3.8, 4) is 22.8 Å². The van der Waals surface area contributed by atoms with Gasteiger partial charge in [-0.05, 0) is 48.7 Å². The lowest BCUT2D eigenvalue weighted by molar-refractivity contribution is 0.0918. The summed E-state index contributed by atoms with van der Waals surface area (Å²) in [5.74, 6) is -1.87. The number of nitrogens with zero attached hydrogens (tertiary/aromatic N) is 2. The number of anilines is 1. The maximum Gasteiger partial charge on any atom is 0.278 e. The van der Waals surface area contributed by atoms with Crippen LogP contribution >= 0.6 is 11.8 Å². The van der Waals surface area contributed by atoms with Gasteiger partial charge in [-0.2, -0.15) is 4.98 Å². The van der Waals surface area contributed by atoms with Gasteiger partial charge in [-0.3, -0.25) is 14.6 Å². The van der Waals surface area contributed by atoms with Crippen molar-refractivity contribution in [3.05, 3.63) is 83.8 Å². The fourth-order valence-corrected chi connectivity index (χ4v) is 3.92. The quantitative estimate of drug-likeness (QED) is 0.282. The zero-order valence-corrected chi connectivity index (χ0v) is 20.8. The number of hydrogen-bond acceptors (Lipinski definition) is 8. The Hall–Kier alpha value is -4.29. The number of ether oxygens (including phenoxy) is 1. The molecule has 2 amide bonds. The first-order valence-corrected chi connectivity index (χ1v) is 12.7. The minimum absolute atomic E-state index is 0.0260. The van der Waals surface area contributed by atoms with E-state index in [9.17, 15) is 18.4 Å². The van der Waals surface area contributed by atoms with Crippen LogP contribution in [-0.2, 0) is 0 Å². The van der Waals surface area contributed by atoms with E-state index >= 15 is 0 Å². The highest BCUT2D eigenvalue weighted by Crippen LogP contribution is 2.31. The summed E-state index contributed by atoms with van der Waals surface area (Å²) in [7, 11) is 0. The zero-order chi connectivity index (χ0) is 26.6. The van der Waals surface area contributed by atoms with E-state index in [0.717, 1.165) is 6.07 Å². The van der Waals surface area contributed by atoms with Crippen LogP contribution in [0.2, 0.25) is 0 Å². The SMILES string of the molecule is CSc1nc(C(=O)Nc2ccc(Oc3ccnc(C(=O)NC4CNC4)c3)c(F)c2)c(-c2ccc(F)cc2)o1. The normalized spacial score (nSPS) is 13.0. The molecule has 3 N–H and O–H groups in total. The van der Waals surface area contributed by atoms with Crippen molar-refractivity contribution in [3.63, 3.8) is 0 Å². The smallest absolute Gasteiger partial charge is 0.278 e. The fourth-order valence-electron chi connectivity index (χ4n) is 3.57. The lowest BCUT2D eigenvalue weighted by atomic mass is 10.1. The van der Waals surface area contributed by atoms with E-state index in [0.29, 0.717) is 18.7 Å². The number of halogens is 2. The Bertz CT molecular complexity index is 1490. The largest absolute Gasteiger partial charge is 0.454 e. The summed E-state index contributed by atoms with van der Waals surface area (Å²) in [6.07, 6.45) is 3.13. The minimum atomic E-state index is -0.741. The molecule has 0 unspecified atom stereocenters. The molecule has 0 aliphatic carbocycles. The average Bonchev–Trinajstić information content (AvgIpc) is 3.33. The van der Waals surface area contributed by atoms with Crippen LogP contribution in [0.4, 0.5) is 14.5 Å². The monoisotopic (exact) mass is 537 g/mol. The third-order valence-electron chi connectivity index (χ3n) is 5.60. The second-order valence-electron chi connectivity index (χ2n) is 8.28. The molecule has 0 radical (unpaired) electrons. The second kappa shape index (κ2) is 11.0. The molecule has 0 atom stereocenters. The van der Waals surface area contributed by atoms with Gasteiger partial charge in [-0.1, -0.05) is 11.8 Å². The summed E-state index contributed by atoms with van der Waals surface area (Å²) in [5, 5.41) is 8.74. The molecule has 1 fully saturated rings. The van der Waals surface area contributed by atoms with E-state index < -0.39 is 17.5 Å². The van der Waals surface area contributed by atoms with Gasteiger partial charge in [-0.15, -0.1) is 0 Å². The van der Waals surface area contributed by atoms with Gasteiger partial charge in [0.25, 0.3) is 17.0 Å². The molecule has 2 aromatic carbocycles. The minimum Gasteiger partial charge on any atom is -0.454 e. The maximum absolute atomic E-state index is 14.9. The van der Waals surface area contributed by atoms with E-state index in [4.69, 9.17) is 9.15 Å². The van der Waals surface area contributed by atoms with E-state index in [1.54, 1.807) is 6.26 Å². The number of oxazole rings is 1. The van der Waals surface area contributed by atoms with Gasteiger partial charge in [0.1, 0.15) is 17.3 Å². The summed E-state index contributed by atoms with van der Waals surface area (Å²) in [6, 6.07) is 12.3. The van der Waals surface area contributed by atoms with Crippen LogP contribution in [0.1, 0.15) is 21.0 Å². The average molecular weight is 538 g/mol. The van der Waals surface area contributed by atoms with Crippen LogP contribution in [0.5, 0.6) is 11.5 Å². The summed E-state index contributed by atoms with van der Waals surface area (Å²) < 4.78 is 39.5. The summed E-state index contributed by atoms with van der Waals surface area (Å²) in [6.45, 7) is 1.39. The Kier molecular flexibility index (Phi) is 7.33. The summed E-state index contributed by atoms with van der Waals surface area (Å²) in [4.78, 5) is 33.6. The number of rotatable bonds is 8. The molecule has 1 saturated heterocycles. The first kappa shape index (κ1) is 25.4. The Morgan fingerprint density at radius 3 is 2.55 bits per heavy atom. The van der Waals surface area contributed by atoms with Crippen molar-refractivity contribution in [1.29, 1.82) is 0 Å². The molecule has 194 valence electrons. The third kappa shape index (κ3) is 5.66. The van der Waals surface area contributed by atoms with Gasteiger partial charge in [0, 0.05) is 42.7 Å². The number of benzene rings is 2. The Labute approximate surface area is 220 Å². The highest BCUT2D eigenvalue weighted by molar-refractivity contribution is 7.98. The van der Waals surface area contributed by atoms with Crippen LogP contribution in [0, 0.1) is 11.6 Å². The molecular formula is C26H21F2N5O4S. The number of pyridine rings is 1. The topological polar surface area (TPSA) is 118 Å². The maximum atomic E-state index is 14.9. The van der Waals surface area contributed by atoms with Gasteiger partial charge < -0.3 is 25.1 Å². The van der Waals surface area contributed by atoms with Crippen molar-refractivity contribution in [2.75, 3.05) is 24.7 Å². The molecule has 4 aromatic rings. The lowest BCUT2D eigenvalue weighted by Gasteiger charge is -2.27. The zero-order valence-electron chi connectivity index (χ0n) is 20.0. The predicted octanol–water partition coefficient (Wildman–Crippen LogP) is 4.48. The molecule has 0 saturated carbocycles. The fraction of sp³-hybridized carbons (Fsp3) is 0.154. The van der Waals surface area contributed by atoms with Crippen LogP contribution in [0.15, 0.2) is 70.4 Å².